The fraction of sp³-hybridized carbons (Fsp3) is 0.278. The minimum absolute atomic E-state index is 0.0967. The summed E-state index contributed by atoms with van der Waals surface area (Å²) in [6.07, 6.45) is 1.46. The molecule has 0 aliphatic carbocycles. The molecule has 2 aromatic carbocycles. The maximum Gasteiger partial charge on any atom is 0.220 e. The lowest BCUT2D eigenvalue weighted by Gasteiger charge is -2.39. The number of amides is 1. The number of carbonyl (C=O) groups is 1. The number of carbonyl (C=O) groups excluding carboxylic acids is 1. The number of rotatable bonds is 2. The minimum Gasteiger partial charge on any atom is -0.355 e. The Balaban J connectivity index is 2.14. The maximum absolute atomic E-state index is 11.6. The molecule has 0 saturated carbocycles. The molecule has 1 atom stereocenters. The largest absolute Gasteiger partial charge is 0.355 e. The van der Waals surface area contributed by atoms with Crippen LogP contribution in [-0.2, 0) is 10.2 Å². The molecule has 1 amide bonds. The van der Waals surface area contributed by atoms with E-state index in [2.05, 4.69) is 60.8 Å². The van der Waals surface area contributed by atoms with Gasteiger partial charge in [-0.05, 0) is 30.0 Å². The van der Waals surface area contributed by atoms with Gasteiger partial charge in [0.25, 0.3) is 0 Å². The Morgan fingerprint density at radius 1 is 1.00 bits per heavy atom. The third kappa shape index (κ3) is 2.11. The van der Waals surface area contributed by atoms with E-state index < -0.39 is 0 Å². The molecule has 1 saturated heterocycles. The summed E-state index contributed by atoms with van der Waals surface area (Å²) in [5.41, 5.74) is 3.80. The van der Waals surface area contributed by atoms with Gasteiger partial charge in [0.05, 0.1) is 0 Å². The van der Waals surface area contributed by atoms with E-state index in [0.717, 1.165) is 6.42 Å². The van der Waals surface area contributed by atoms with Crippen molar-refractivity contribution in [1.82, 2.24) is 5.32 Å². The number of hydrogen-bond donors (Lipinski definition) is 1. The van der Waals surface area contributed by atoms with Gasteiger partial charge in [-0.25, -0.2) is 0 Å². The van der Waals surface area contributed by atoms with Crippen molar-refractivity contribution >= 4 is 5.91 Å². The molecule has 2 heteroatoms. The van der Waals surface area contributed by atoms with Crippen molar-refractivity contribution in [3.05, 3.63) is 71.3 Å². The van der Waals surface area contributed by atoms with Crippen molar-refractivity contribution in [3.8, 4) is 0 Å². The van der Waals surface area contributed by atoms with E-state index in [9.17, 15) is 4.79 Å². The second kappa shape index (κ2) is 5.12. The minimum atomic E-state index is -0.0967. The van der Waals surface area contributed by atoms with Crippen LogP contribution in [0.5, 0.6) is 0 Å². The monoisotopic (exact) mass is 265 g/mol. The highest BCUT2D eigenvalue weighted by molar-refractivity contribution is 5.78. The molecule has 102 valence electrons. The van der Waals surface area contributed by atoms with Crippen LogP contribution in [0.15, 0.2) is 54.6 Å². The highest BCUT2D eigenvalue weighted by atomic mass is 16.1. The Bertz CT molecular complexity index is 608. The first-order valence-corrected chi connectivity index (χ1v) is 7.11. The summed E-state index contributed by atoms with van der Waals surface area (Å²) < 4.78 is 0. The van der Waals surface area contributed by atoms with E-state index in [-0.39, 0.29) is 11.3 Å². The summed E-state index contributed by atoms with van der Waals surface area (Å²) in [7, 11) is 0. The molecule has 3 rings (SSSR count). The van der Waals surface area contributed by atoms with E-state index in [0.29, 0.717) is 13.0 Å². The highest BCUT2D eigenvalue weighted by Gasteiger charge is 2.38. The van der Waals surface area contributed by atoms with Crippen molar-refractivity contribution in [2.75, 3.05) is 6.54 Å². The molecular formula is C18H19NO. The van der Waals surface area contributed by atoms with E-state index in [4.69, 9.17) is 0 Å². The van der Waals surface area contributed by atoms with Gasteiger partial charge in [-0.1, -0.05) is 54.6 Å². The zero-order valence-electron chi connectivity index (χ0n) is 11.7. The standard InChI is InChI=1S/C18H19NO/c1-14-7-5-6-10-16(14)18(12-11-17(20)19-13-18)15-8-3-2-4-9-15/h2-10H,11-13H2,1H3,(H,19,20). The molecule has 1 aliphatic heterocycles. The van der Waals surface area contributed by atoms with Crippen LogP contribution < -0.4 is 5.32 Å². The van der Waals surface area contributed by atoms with Crippen LogP contribution in [0.3, 0.4) is 0 Å². The Labute approximate surface area is 119 Å². The van der Waals surface area contributed by atoms with Gasteiger partial charge in [-0.3, -0.25) is 4.79 Å². The van der Waals surface area contributed by atoms with Crippen LogP contribution >= 0.6 is 0 Å². The van der Waals surface area contributed by atoms with E-state index >= 15 is 0 Å². The van der Waals surface area contributed by atoms with Gasteiger partial charge in [0, 0.05) is 18.4 Å². The Morgan fingerprint density at radius 2 is 1.70 bits per heavy atom. The number of piperidine rings is 1. The van der Waals surface area contributed by atoms with Crippen LogP contribution in [0.25, 0.3) is 0 Å². The molecule has 1 N–H and O–H groups in total. The molecule has 0 bridgehead atoms. The number of aryl methyl sites for hydroxylation is 1. The topological polar surface area (TPSA) is 29.1 Å². The first kappa shape index (κ1) is 12.9. The molecule has 1 fully saturated rings. The van der Waals surface area contributed by atoms with Crippen LogP contribution in [-0.4, -0.2) is 12.5 Å². The predicted octanol–water partition coefficient (Wildman–Crippen LogP) is 3.19. The second-order valence-electron chi connectivity index (χ2n) is 5.54. The Kier molecular flexibility index (Phi) is 3.31. The summed E-state index contributed by atoms with van der Waals surface area (Å²) in [5.74, 6) is 0.158. The highest BCUT2D eigenvalue weighted by Crippen LogP contribution is 2.39. The Hall–Kier alpha value is -2.09. The van der Waals surface area contributed by atoms with Crippen molar-refractivity contribution in [2.45, 2.75) is 25.2 Å². The molecule has 0 radical (unpaired) electrons. The average Bonchev–Trinajstić information content (AvgIpc) is 2.50. The second-order valence-corrected chi connectivity index (χ2v) is 5.54. The van der Waals surface area contributed by atoms with Crippen LogP contribution in [0, 0.1) is 6.92 Å². The molecule has 20 heavy (non-hydrogen) atoms. The van der Waals surface area contributed by atoms with E-state index in [1.54, 1.807) is 0 Å². The molecule has 1 heterocycles. The van der Waals surface area contributed by atoms with Gasteiger partial charge >= 0.3 is 0 Å². The van der Waals surface area contributed by atoms with Gasteiger partial charge < -0.3 is 5.32 Å². The summed E-state index contributed by atoms with van der Waals surface area (Å²) in [6, 6.07) is 19.0. The van der Waals surface area contributed by atoms with Crippen molar-refractivity contribution < 1.29 is 4.79 Å². The van der Waals surface area contributed by atoms with Crippen LogP contribution in [0.4, 0.5) is 0 Å². The van der Waals surface area contributed by atoms with Gasteiger partial charge in [0.2, 0.25) is 5.91 Å². The first-order chi connectivity index (χ1) is 9.72. The summed E-state index contributed by atoms with van der Waals surface area (Å²) >= 11 is 0. The lowest BCUT2D eigenvalue weighted by molar-refractivity contribution is -0.123. The SMILES string of the molecule is Cc1ccccc1C1(c2ccccc2)CCC(=O)NC1. The lowest BCUT2D eigenvalue weighted by Crippen LogP contribution is -2.47. The zero-order chi connectivity index (χ0) is 14.0. The smallest absolute Gasteiger partial charge is 0.220 e. The van der Waals surface area contributed by atoms with Gasteiger partial charge in [-0.15, -0.1) is 0 Å². The van der Waals surface area contributed by atoms with E-state index in [1.807, 2.05) is 6.07 Å². The number of benzene rings is 2. The molecule has 2 nitrogen and oxygen atoms in total. The number of hydrogen-bond acceptors (Lipinski definition) is 1. The fourth-order valence-electron chi connectivity index (χ4n) is 3.25. The molecule has 1 aliphatic rings. The lowest BCUT2D eigenvalue weighted by atomic mass is 9.68. The molecule has 0 aromatic heterocycles. The third-order valence-corrected chi connectivity index (χ3v) is 4.35. The predicted molar refractivity (Wildman–Crippen MR) is 80.6 cm³/mol. The van der Waals surface area contributed by atoms with Gasteiger partial charge in [-0.2, -0.15) is 0 Å². The molecular weight excluding hydrogens is 246 g/mol. The fourth-order valence-corrected chi connectivity index (χ4v) is 3.25. The van der Waals surface area contributed by atoms with Gasteiger partial charge in [0.1, 0.15) is 0 Å². The first-order valence-electron chi connectivity index (χ1n) is 7.11. The zero-order valence-corrected chi connectivity index (χ0v) is 11.7. The normalized spacial score (nSPS) is 22.4. The Morgan fingerprint density at radius 3 is 2.35 bits per heavy atom. The van der Waals surface area contributed by atoms with Crippen LogP contribution in [0.1, 0.15) is 29.5 Å². The van der Waals surface area contributed by atoms with Crippen molar-refractivity contribution in [3.63, 3.8) is 0 Å². The van der Waals surface area contributed by atoms with Gasteiger partial charge in [0.15, 0.2) is 0 Å². The third-order valence-electron chi connectivity index (χ3n) is 4.35. The molecule has 1 unspecified atom stereocenters. The average molecular weight is 265 g/mol. The van der Waals surface area contributed by atoms with Crippen molar-refractivity contribution in [1.29, 1.82) is 0 Å². The van der Waals surface area contributed by atoms with Crippen molar-refractivity contribution in [2.24, 2.45) is 0 Å². The van der Waals surface area contributed by atoms with E-state index in [1.165, 1.54) is 16.7 Å². The molecule has 2 aromatic rings. The molecule has 0 spiro atoms. The number of nitrogens with one attached hydrogen (secondary N) is 1. The summed E-state index contributed by atoms with van der Waals surface area (Å²) in [5, 5.41) is 3.06. The summed E-state index contributed by atoms with van der Waals surface area (Å²) in [6.45, 7) is 2.83. The van der Waals surface area contributed by atoms with Crippen LogP contribution in [0.2, 0.25) is 0 Å². The quantitative estimate of drug-likeness (QED) is 0.887. The maximum atomic E-state index is 11.6. The summed E-state index contributed by atoms with van der Waals surface area (Å²) in [4.78, 5) is 11.6.